The second-order valence-corrected chi connectivity index (χ2v) is 6.63. The maximum absolute atomic E-state index is 12.4. The molecule has 0 bridgehead atoms. The van der Waals surface area contributed by atoms with E-state index in [4.69, 9.17) is 17.0 Å². The standard InChI is InChI=1S/C17H19BrN2O3S/c1-4-10(3)23-14-7-6-11(9-13(14)18)8-12-15(21)19-17(24)20(5-2)16(12)22/h6-10H,4-5H2,1-3H3,(H,19,21,24)/b12-8+/t10-/m1/s1. The zero-order valence-corrected chi connectivity index (χ0v) is 16.2. The zero-order valence-electron chi connectivity index (χ0n) is 13.8. The molecule has 0 radical (unpaired) electrons. The van der Waals surface area contributed by atoms with Crippen molar-refractivity contribution in [3.05, 3.63) is 33.8 Å². The zero-order chi connectivity index (χ0) is 17.9. The molecule has 5 nitrogen and oxygen atoms in total. The lowest BCUT2D eigenvalue weighted by molar-refractivity contribution is -0.128. The monoisotopic (exact) mass is 410 g/mol. The van der Waals surface area contributed by atoms with Gasteiger partial charge in [-0.1, -0.05) is 13.0 Å². The number of rotatable bonds is 5. The van der Waals surface area contributed by atoms with E-state index in [1.165, 1.54) is 4.90 Å². The predicted molar refractivity (Wildman–Crippen MR) is 101 cm³/mol. The van der Waals surface area contributed by atoms with Crippen LogP contribution < -0.4 is 10.1 Å². The number of nitrogens with zero attached hydrogens (tertiary/aromatic N) is 1. The molecule has 1 atom stereocenters. The molecular formula is C17H19BrN2O3S. The minimum absolute atomic E-state index is 0.0629. The Bertz CT molecular complexity index is 718. The maximum atomic E-state index is 12.4. The van der Waals surface area contributed by atoms with Crippen molar-refractivity contribution in [1.29, 1.82) is 0 Å². The van der Waals surface area contributed by atoms with Crippen LogP contribution in [0.2, 0.25) is 0 Å². The van der Waals surface area contributed by atoms with Gasteiger partial charge in [-0.2, -0.15) is 0 Å². The Morgan fingerprint density at radius 1 is 1.38 bits per heavy atom. The molecule has 128 valence electrons. The summed E-state index contributed by atoms with van der Waals surface area (Å²) in [6.07, 6.45) is 2.56. The molecule has 1 aromatic carbocycles. The summed E-state index contributed by atoms with van der Waals surface area (Å²) >= 11 is 8.47. The fourth-order valence-electron chi connectivity index (χ4n) is 2.15. The van der Waals surface area contributed by atoms with Crippen LogP contribution >= 0.6 is 28.1 Å². The van der Waals surface area contributed by atoms with Crippen molar-refractivity contribution in [2.24, 2.45) is 0 Å². The SMILES string of the molecule is CC[C@@H](C)Oc1ccc(/C=C2\C(=O)NC(=S)N(CC)C2=O)cc1Br. The lowest BCUT2D eigenvalue weighted by atomic mass is 10.1. The number of thiocarbonyl (C=S) groups is 1. The van der Waals surface area contributed by atoms with E-state index in [9.17, 15) is 9.59 Å². The topological polar surface area (TPSA) is 58.6 Å². The molecule has 1 aliphatic heterocycles. The number of likely N-dealkylation sites (N-methyl/N-ethyl adjacent to an activating group) is 1. The molecule has 1 heterocycles. The van der Waals surface area contributed by atoms with Gasteiger partial charge >= 0.3 is 0 Å². The number of amides is 2. The van der Waals surface area contributed by atoms with E-state index in [1.807, 2.05) is 19.1 Å². The first-order valence-corrected chi connectivity index (χ1v) is 8.92. The number of hydrogen-bond donors (Lipinski definition) is 1. The number of halogens is 1. The molecule has 0 aromatic heterocycles. The van der Waals surface area contributed by atoms with Crippen molar-refractivity contribution in [1.82, 2.24) is 10.2 Å². The van der Waals surface area contributed by atoms with E-state index < -0.39 is 5.91 Å². The molecule has 1 fully saturated rings. The fourth-order valence-corrected chi connectivity index (χ4v) is 2.95. The average Bonchev–Trinajstić information content (AvgIpc) is 2.54. The van der Waals surface area contributed by atoms with Crippen molar-refractivity contribution in [2.45, 2.75) is 33.3 Å². The number of hydrogen-bond acceptors (Lipinski definition) is 4. The molecule has 1 saturated heterocycles. The first-order valence-electron chi connectivity index (χ1n) is 7.72. The molecule has 7 heteroatoms. The van der Waals surface area contributed by atoms with Crippen molar-refractivity contribution in [3.8, 4) is 5.75 Å². The van der Waals surface area contributed by atoms with Gasteiger partial charge in [-0.25, -0.2) is 0 Å². The van der Waals surface area contributed by atoms with Crippen LogP contribution in [0.3, 0.4) is 0 Å². The van der Waals surface area contributed by atoms with E-state index in [1.54, 1.807) is 19.1 Å². The highest BCUT2D eigenvalue weighted by Gasteiger charge is 2.32. The summed E-state index contributed by atoms with van der Waals surface area (Å²) in [6, 6.07) is 5.43. The fraction of sp³-hybridized carbons (Fsp3) is 0.353. The van der Waals surface area contributed by atoms with Crippen molar-refractivity contribution >= 4 is 51.2 Å². The summed E-state index contributed by atoms with van der Waals surface area (Å²) in [5.41, 5.74) is 0.786. The maximum Gasteiger partial charge on any atom is 0.265 e. The van der Waals surface area contributed by atoms with Gasteiger partial charge in [0.05, 0.1) is 10.6 Å². The molecular weight excluding hydrogens is 392 g/mol. The number of carbonyl (C=O) groups excluding carboxylic acids is 2. The van der Waals surface area contributed by atoms with Gasteiger partial charge in [-0.15, -0.1) is 0 Å². The third kappa shape index (κ3) is 4.02. The molecule has 2 rings (SSSR count). The van der Waals surface area contributed by atoms with Crippen LogP contribution in [0.5, 0.6) is 5.75 Å². The number of carbonyl (C=O) groups is 2. The van der Waals surface area contributed by atoms with Crippen molar-refractivity contribution < 1.29 is 14.3 Å². The highest BCUT2D eigenvalue weighted by molar-refractivity contribution is 9.10. The number of benzene rings is 1. The molecule has 2 amide bonds. The third-order valence-corrected chi connectivity index (χ3v) is 4.61. The lowest BCUT2D eigenvalue weighted by Crippen LogP contribution is -2.53. The number of ether oxygens (including phenoxy) is 1. The second-order valence-electron chi connectivity index (χ2n) is 5.39. The van der Waals surface area contributed by atoms with Crippen LogP contribution in [-0.2, 0) is 9.59 Å². The van der Waals surface area contributed by atoms with Gasteiger partial charge in [-0.3, -0.25) is 19.8 Å². The van der Waals surface area contributed by atoms with Crippen molar-refractivity contribution in [2.75, 3.05) is 6.54 Å². The second kappa shape index (κ2) is 7.90. The van der Waals surface area contributed by atoms with Gasteiger partial charge in [0.15, 0.2) is 5.11 Å². The molecule has 1 aliphatic rings. The first kappa shape index (κ1) is 18.6. The summed E-state index contributed by atoms with van der Waals surface area (Å²) in [5.74, 6) is -0.143. The van der Waals surface area contributed by atoms with Crippen LogP contribution in [0.1, 0.15) is 32.8 Å². The van der Waals surface area contributed by atoms with E-state index in [2.05, 4.69) is 28.2 Å². The van der Waals surface area contributed by atoms with Gasteiger partial charge in [0, 0.05) is 6.54 Å². The van der Waals surface area contributed by atoms with E-state index >= 15 is 0 Å². The van der Waals surface area contributed by atoms with E-state index in [-0.39, 0.29) is 22.7 Å². The largest absolute Gasteiger partial charge is 0.490 e. The molecule has 0 saturated carbocycles. The summed E-state index contributed by atoms with van der Waals surface area (Å²) in [7, 11) is 0. The predicted octanol–water partition coefficient (Wildman–Crippen LogP) is 3.27. The van der Waals surface area contributed by atoms with Gasteiger partial charge in [0.1, 0.15) is 11.3 Å². The highest BCUT2D eigenvalue weighted by atomic mass is 79.9. The average molecular weight is 411 g/mol. The van der Waals surface area contributed by atoms with Gasteiger partial charge in [-0.05, 0) is 72.2 Å². The van der Waals surface area contributed by atoms with Crippen LogP contribution in [0.4, 0.5) is 0 Å². The van der Waals surface area contributed by atoms with Gasteiger partial charge in [0.25, 0.3) is 11.8 Å². The third-order valence-electron chi connectivity index (χ3n) is 3.67. The molecule has 24 heavy (non-hydrogen) atoms. The summed E-state index contributed by atoms with van der Waals surface area (Å²) in [5, 5.41) is 2.68. The lowest BCUT2D eigenvalue weighted by Gasteiger charge is -2.27. The van der Waals surface area contributed by atoms with Gasteiger partial charge in [0.2, 0.25) is 0 Å². The molecule has 1 aromatic rings. The summed E-state index contributed by atoms with van der Waals surface area (Å²) < 4.78 is 6.56. The Kier molecular flexibility index (Phi) is 6.12. The Morgan fingerprint density at radius 3 is 2.67 bits per heavy atom. The highest BCUT2D eigenvalue weighted by Crippen LogP contribution is 2.28. The quantitative estimate of drug-likeness (QED) is 0.459. The Morgan fingerprint density at radius 2 is 2.08 bits per heavy atom. The molecule has 1 N–H and O–H groups in total. The smallest absolute Gasteiger partial charge is 0.265 e. The molecule has 0 spiro atoms. The van der Waals surface area contributed by atoms with Crippen LogP contribution in [-0.4, -0.2) is 34.5 Å². The minimum Gasteiger partial charge on any atom is -0.490 e. The van der Waals surface area contributed by atoms with Crippen molar-refractivity contribution in [3.63, 3.8) is 0 Å². The minimum atomic E-state index is -0.481. The van der Waals surface area contributed by atoms with E-state index in [0.717, 1.165) is 22.2 Å². The van der Waals surface area contributed by atoms with Crippen LogP contribution in [0, 0.1) is 0 Å². The normalized spacial score (nSPS) is 17.9. The first-order chi connectivity index (χ1) is 11.4. The number of nitrogens with one attached hydrogen (secondary N) is 1. The Hall–Kier alpha value is -1.73. The van der Waals surface area contributed by atoms with E-state index in [0.29, 0.717) is 6.54 Å². The molecule has 0 unspecified atom stereocenters. The summed E-state index contributed by atoms with van der Waals surface area (Å²) in [6.45, 7) is 6.25. The summed E-state index contributed by atoms with van der Waals surface area (Å²) in [4.78, 5) is 25.8. The van der Waals surface area contributed by atoms with Crippen LogP contribution in [0.25, 0.3) is 6.08 Å². The Balaban J connectivity index is 2.30. The van der Waals surface area contributed by atoms with Gasteiger partial charge < -0.3 is 4.74 Å². The molecule has 0 aliphatic carbocycles. The Labute approximate surface area is 155 Å². The van der Waals surface area contributed by atoms with Crippen LogP contribution in [0.15, 0.2) is 28.2 Å².